The number of aryl methyl sites for hydroxylation is 2. The maximum atomic E-state index is 12.2. The highest BCUT2D eigenvalue weighted by atomic mass is 16.5. The quantitative estimate of drug-likeness (QED) is 0.636. The summed E-state index contributed by atoms with van der Waals surface area (Å²) in [5.41, 5.74) is 0.414. The van der Waals surface area contributed by atoms with Crippen LogP contribution in [0, 0.1) is 13.8 Å². The van der Waals surface area contributed by atoms with Gasteiger partial charge < -0.3 is 5.21 Å². The third kappa shape index (κ3) is 1.54. The third-order valence-corrected chi connectivity index (χ3v) is 3.64. The predicted octanol–water partition coefficient (Wildman–Crippen LogP) is 2.37. The van der Waals surface area contributed by atoms with E-state index in [9.17, 15) is 14.8 Å². The third-order valence-electron chi connectivity index (χ3n) is 3.64. The minimum Gasteiger partial charge on any atom is -0.422 e. The minimum absolute atomic E-state index is 0.198. The zero-order valence-electron chi connectivity index (χ0n) is 11.2. The Morgan fingerprint density at radius 1 is 0.800 bits per heavy atom. The zero-order chi connectivity index (χ0) is 14.4. The van der Waals surface area contributed by atoms with Crippen molar-refractivity contribution in [3.8, 4) is 0 Å². The van der Waals surface area contributed by atoms with Gasteiger partial charge in [-0.3, -0.25) is 9.59 Å². The van der Waals surface area contributed by atoms with E-state index >= 15 is 0 Å². The van der Waals surface area contributed by atoms with Crippen LogP contribution < -0.4 is 11.1 Å². The molecule has 1 aromatic heterocycles. The number of rotatable bonds is 0. The summed E-state index contributed by atoms with van der Waals surface area (Å²) in [6.07, 6.45) is 0. The first kappa shape index (κ1) is 12.4. The smallest absolute Gasteiger partial charge is 0.294 e. The average Bonchev–Trinajstić information content (AvgIpc) is 2.52. The van der Waals surface area contributed by atoms with Crippen molar-refractivity contribution in [3.05, 3.63) is 68.2 Å². The molecule has 0 saturated heterocycles. The lowest BCUT2D eigenvalue weighted by Gasteiger charge is -2.03. The first-order chi connectivity index (χ1) is 9.52. The molecule has 1 heterocycles. The summed E-state index contributed by atoms with van der Waals surface area (Å²) in [4.78, 5) is 24.5. The molecule has 4 nitrogen and oxygen atoms in total. The van der Waals surface area contributed by atoms with E-state index in [-0.39, 0.29) is 4.73 Å². The fraction of sp³-hybridized carbons (Fsp3) is 0.125. The van der Waals surface area contributed by atoms with Gasteiger partial charge in [0.1, 0.15) is 0 Å². The number of hydrogen-bond acceptors (Lipinski definition) is 3. The number of benzene rings is 2. The van der Waals surface area contributed by atoms with Gasteiger partial charge in [-0.15, -0.1) is 4.73 Å². The lowest BCUT2D eigenvalue weighted by atomic mass is 9.99. The molecule has 20 heavy (non-hydrogen) atoms. The summed E-state index contributed by atoms with van der Waals surface area (Å²) >= 11 is 0. The highest BCUT2D eigenvalue weighted by Gasteiger charge is 2.12. The molecule has 0 fully saturated rings. The second-order valence-corrected chi connectivity index (χ2v) is 4.92. The maximum absolute atomic E-state index is 12.2. The van der Waals surface area contributed by atoms with Crippen molar-refractivity contribution < 1.29 is 5.21 Å². The Morgan fingerprint density at radius 3 is 1.60 bits per heavy atom. The second-order valence-electron chi connectivity index (χ2n) is 4.92. The van der Waals surface area contributed by atoms with Crippen LogP contribution in [0.4, 0.5) is 0 Å². The van der Waals surface area contributed by atoms with Gasteiger partial charge >= 0.3 is 0 Å². The molecule has 4 heteroatoms. The Balaban J connectivity index is 2.93. The van der Waals surface area contributed by atoms with Crippen molar-refractivity contribution in [1.29, 1.82) is 0 Å². The Morgan fingerprint density at radius 2 is 1.20 bits per heavy atom. The topological polar surface area (TPSA) is 59.3 Å². The van der Waals surface area contributed by atoms with E-state index in [1.165, 1.54) is 0 Å². The molecule has 0 spiro atoms. The predicted molar refractivity (Wildman–Crippen MR) is 78.6 cm³/mol. The van der Waals surface area contributed by atoms with Gasteiger partial charge in [-0.05, 0) is 47.9 Å². The van der Waals surface area contributed by atoms with Crippen LogP contribution in [0.15, 0.2) is 46.0 Å². The molecule has 0 aliphatic carbocycles. The highest BCUT2D eigenvalue weighted by Crippen LogP contribution is 2.25. The van der Waals surface area contributed by atoms with Crippen molar-refractivity contribution in [1.82, 2.24) is 4.73 Å². The molecule has 3 rings (SSSR count). The van der Waals surface area contributed by atoms with Crippen LogP contribution in [-0.4, -0.2) is 9.94 Å². The van der Waals surface area contributed by atoms with E-state index in [1.807, 2.05) is 26.0 Å². The molecule has 0 aliphatic rings. The molecule has 2 aromatic carbocycles. The van der Waals surface area contributed by atoms with Gasteiger partial charge in [0.2, 0.25) is 0 Å². The summed E-state index contributed by atoms with van der Waals surface area (Å²) < 4.78 is 0.198. The van der Waals surface area contributed by atoms with Crippen LogP contribution in [0.5, 0.6) is 0 Å². The summed E-state index contributed by atoms with van der Waals surface area (Å²) in [5, 5.41) is 12.0. The Labute approximate surface area is 114 Å². The number of hydrogen-bond donors (Lipinski definition) is 1. The molecule has 0 saturated carbocycles. The molecular weight excluding hydrogens is 254 g/mol. The van der Waals surface area contributed by atoms with Gasteiger partial charge in [-0.25, -0.2) is 0 Å². The number of aromatic nitrogens is 1. The fourth-order valence-electron chi connectivity index (χ4n) is 2.68. The molecule has 0 amide bonds. The zero-order valence-corrected chi connectivity index (χ0v) is 11.2. The van der Waals surface area contributed by atoms with Crippen LogP contribution in [0.1, 0.15) is 11.1 Å². The van der Waals surface area contributed by atoms with E-state index in [0.717, 1.165) is 21.9 Å². The largest absolute Gasteiger partial charge is 0.422 e. The number of nitrogens with zero attached hydrogens (tertiary/aromatic N) is 1. The Hall–Kier alpha value is -2.62. The van der Waals surface area contributed by atoms with Crippen LogP contribution in [0.2, 0.25) is 0 Å². The van der Waals surface area contributed by atoms with Gasteiger partial charge in [0.05, 0.1) is 10.8 Å². The fourth-order valence-corrected chi connectivity index (χ4v) is 2.68. The van der Waals surface area contributed by atoms with Gasteiger partial charge in [0.25, 0.3) is 11.1 Å². The van der Waals surface area contributed by atoms with Crippen LogP contribution >= 0.6 is 0 Å². The monoisotopic (exact) mass is 267 g/mol. The van der Waals surface area contributed by atoms with E-state index in [1.54, 1.807) is 24.3 Å². The average molecular weight is 267 g/mol. The van der Waals surface area contributed by atoms with Crippen molar-refractivity contribution in [2.75, 3.05) is 0 Å². The van der Waals surface area contributed by atoms with Gasteiger partial charge in [-0.2, -0.15) is 0 Å². The van der Waals surface area contributed by atoms with Crippen molar-refractivity contribution in [2.45, 2.75) is 13.8 Å². The second kappa shape index (κ2) is 4.20. The Kier molecular flexibility index (Phi) is 2.61. The van der Waals surface area contributed by atoms with E-state index in [0.29, 0.717) is 10.8 Å². The van der Waals surface area contributed by atoms with Crippen molar-refractivity contribution in [2.24, 2.45) is 0 Å². The van der Waals surface area contributed by atoms with Crippen LogP contribution in [-0.2, 0) is 0 Å². The molecule has 0 aliphatic heterocycles. The maximum Gasteiger partial charge on any atom is 0.294 e. The van der Waals surface area contributed by atoms with Gasteiger partial charge in [0, 0.05) is 0 Å². The molecule has 0 bridgehead atoms. The lowest BCUT2D eigenvalue weighted by Crippen LogP contribution is -2.27. The van der Waals surface area contributed by atoms with E-state index in [4.69, 9.17) is 0 Å². The molecule has 1 N–H and O–H groups in total. The first-order valence-corrected chi connectivity index (χ1v) is 6.29. The number of fused-ring (bicyclic) bond motifs is 3. The summed E-state index contributed by atoms with van der Waals surface area (Å²) in [6.45, 7) is 3.78. The molecule has 100 valence electrons. The summed E-state index contributed by atoms with van der Waals surface area (Å²) in [6, 6.07) is 10.5. The molecule has 0 radical (unpaired) electrons. The SMILES string of the molecule is Cc1cccc2c(=O)n(O)c(=O)c3cccc(C)c3c12. The molecule has 0 atom stereocenters. The van der Waals surface area contributed by atoms with E-state index in [2.05, 4.69) is 0 Å². The van der Waals surface area contributed by atoms with Crippen LogP contribution in [0.25, 0.3) is 21.5 Å². The summed E-state index contributed by atoms with van der Waals surface area (Å²) in [5.74, 6) is 0. The van der Waals surface area contributed by atoms with Gasteiger partial charge in [-0.1, -0.05) is 24.3 Å². The minimum atomic E-state index is -0.690. The van der Waals surface area contributed by atoms with Gasteiger partial charge in [0.15, 0.2) is 0 Å². The lowest BCUT2D eigenvalue weighted by molar-refractivity contribution is 0.169. The normalized spacial score (nSPS) is 11.1. The summed E-state index contributed by atoms with van der Waals surface area (Å²) in [7, 11) is 0. The van der Waals surface area contributed by atoms with E-state index < -0.39 is 11.1 Å². The first-order valence-electron chi connectivity index (χ1n) is 6.29. The van der Waals surface area contributed by atoms with Crippen molar-refractivity contribution in [3.63, 3.8) is 0 Å². The Bertz CT molecular complexity index is 892. The van der Waals surface area contributed by atoms with Crippen LogP contribution in [0.3, 0.4) is 0 Å². The molecule has 3 aromatic rings. The molecule has 0 unspecified atom stereocenters. The standard InChI is InChI=1S/C16H13NO3/c1-9-5-3-7-11-13(9)14-10(2)6-4-8-12(14)16(19)17(20)15(11)18/h3-8,20H,1-2H3. The molecular formula is C16H13NO3. The van der Waals surface area contributed by atoms with Crippen molar-refractivity contribution >= 4 is 21.5 Å². The highest BCUT2D eigenvalue weighted by molar-refractivity contribution is 6.08.